The smallest absolute Gasteiger partial charge is 0.224 e. The third-order valence-electron chi connectivity index (χ3n) is 3.73. The first-order valence-electron chi connectivity index (χ1n) is 7.58. The Bertz CT molecular complexity index is 647. The molecule has 1 aliphatic heterocycles. The largest absolute Gasteiger partial charge is 0.381 e. The summed E-state index contributed by atoms with van der Waals surface area (Å²) in [7, 11) is 0. The highest BCUT2D eigenvalue weighted by Gasteiger charge is 2.17. The lowest BCUT2D eigenvalue weighted by molar-refractivity contribution is -0.118. The highest BCUT2D eigenvalue weighted by Crippen LogP contribution is 2.21. The van der Waals surface area contributed by atoms with Crippen LogP contribution in [0.25, 0.3) is 11.4 Å². The van der Waals surface area contributed by atoms with Crippen molar-refractivity contribution in [3.8, 4) is 11.4 Å². The van der Waals surface area contributed by atoms with E-state index in [4.69, 9.17) is 4.74 Å². The number of amides is 1. The van der Waals surface area contributed by atoms with Crippen LogP contribution in [0.3, 0.4) is 0 Å². The number of aromatic nitrogens is 3. The fourth-order valence-corrected chi connectivity index (χ4v) is 2.65. The van der Waals surface area contributed by atoms with E-state index in [0.29, 0.717) is 24.8 Å². The number of nitrogens with zero attached hydrogens (tertiary/aromatic N) is 2. The Morgan fingerprint density at radius 2 is 2.41 bits per heavy atom. The molecule has 3 rings (SSSR count). The molecule has 0 aliphatic carbocycles. The van der Waals surface area contributed by atoms with E-state index in [1.165, 1.54) is 0 Å². The zero-order valence-corrected chi connectivity index (χ0v) is 12.6. The Balaban J connectivity index is 1.63. The standard InChI is InChI=1S/C16H20N4O2/c1-11-17-16(20-19-11)13-5-2-6-14(9-13)18-15(21)8-12-4-3-7-22-10-12/h2,5-6,9,12H,3-4,7-8,10H2,1H3,(H,18,21)(H,17,19,20). The molecule has 0 saturated carbocycles. The van der Waals surface area contributed by atoms with Crippen LogP contribution in [0.5, 0.6) is 0 Å². The van der Waals surface area contributed by atoms with Gasteiger partial charge in [-0.2, -0.15) is 5.10 Å². The molecule has 2 aromatic rings. The molecule has 1 atom stereocenters. The summed E-state index contributed by atoms with van der Waals surface area (Å²) in [5, 5.41) is 9.90. The van der Waals surface area contributed by atoms with Gasteiger partial charge >= 0.3 is 0 Å². The van der Waals surface area contributed by atoms with Crippen LogP contribution in [0.15, 0.2) is 24.3 Å². The fourth-order valence-electron chi connectivity index (χ4n) is 2.65. The lowest BCUT2D eigenvalue weighted by atomic mass is 9.98. The number of carbonyl (C=O) groups excluding carboxylic acids is 1. The van der Waals surface area contributed by atoms with Crippen LogP contribution in [-0.2, 0) is 9.53 Å². The van der Waals surface area contributed by atoms with E-state index in [2.05, 4.69) is 20.5 Å². The molecule has 2 N–H and O–H groups in total. The third kappa shape index (κ3) is 3.71. The van der Waals surface area contributed by atoms with Gasteiger partial charge in [0.15, 0.2) is 5.82 Å². The van der Waals surface area contributed by atoms with Crippen molar-refractivity contribution in [2.75, 3.05) is 18.5 Å². The van der Waals surface area contributed by atoms with Gasteiger partial charge in [0.2, 0.25) is 5.91 Å². The fraction of sp³-hybridized carbons (Fsp3) is 0.438. The highest BCUT2D eigenvalue weighted by molar-refractivity contribution is 5.91. The van der Waals surface area contributed by atoms with Gasteiger partial charge in [-0.15, -0.1) is 0 Å². The van der Waals surface area contributed by atoms with E-state index in [1.807, 2.05) is 31.2 Å². The van der Waals surface area contributed by atoms with Gasteiger partial charge in [-0.05, 0) is 37.8 Å². The van der Waals surface area contributed by atoms with E-state index < -0.39 is 0 Å². The summed E-state index contributed by atoms with van der Waals surface area (Å²) in [4.78, 5) is 16.4. The van der Waals surface area contributed by atoms with Crippen LogP contribution in [-0.4, -0.2) is 34.3 Å². The summed E-state index contributed by atoms with van der Waals surface area (Å²) < 4.78 is 5.41. The molecule has 0 bridgehead atoms. The molecule has 1 amide bonds. The van der Waals surface area contributed by atoms with Gasteiger partial charge < -0.3 is 10.1 Å². The minimum absolute atomic E-state index is 0.0267. The maximum atomic E-state index is 12.1. The van der Waals surface area contributed by atoms with Gasteiger partial charge in [-0.1, -0.05) is 12.1 Å². The van der Waals surface area contributed by atoms with Crippen molar-refractivity contribution >= 4 is 11.6 Å². The van der Waals surface area contributed by atoms with Crippen LogP contribution in [0.2, 0.25) is 0 Å². The Kier molecular flexibility index (Phi) is 4.48. The first-order chi connectivity index (χ1) is 10.7. The molecule has 1 aromatic heterocycles. The summed E-state index contributed by atoms with van der Waals surface area (Å²) in [6, 6.07) is 7.57. The number of H-pyrrole nitrogens is 1. The highest BCUT2D eigenvalue weighted by atomic mass is 16.5. The van der Waals surface area contributed by atoms with Crippen molar-refractivity contribution in [3.63, 3.8) is 0 Å². The zero-order valence-electron chi connectivity index (χ0n) is 12.6. The molecular weight excluding hydrogens is 280 g/mol. The number of benzene rings is 1. The minimum atomic E-state index is 0.0267. The number of rotatable bonds is 4. The van der Waals surface area contributed by atoms with Crippen molar-refractivity contribution in [2.24, 2.45) is 5.92 Å². The monoisotopic (exact) mass is 300 g/mol. The molecule has 2 heterocycles. The molecule has 6 nitrogen and oxygen atoms in total. The van der Waals surface area contributed by atoms with Gasteiger partial charge in [0, 0.05) is 30.9 Å². The topological polar surface area (TPSA) is 79.9 Å². The average Bonchev–Trinajstić information content (AvgIpc) is 2.95. The molecule has 1 aromatic carbocycles. The first kappa shape index (κ1) is 14.7. The lowest BCUT2D eigenvalue weighted by Gasteiger charge is -2.21. The molecular formula is C16H20N4O2. The molecule has 6 heteroatoms. The Morgan fingerprint density at radius 1 is 1.50 bits per heavy atom. The van der Waals surface area contributed by atoms with Crippen molar-refractivity contribution < 1.29 is 9.53 Å². The number of aromatic amines is 1. The van der Waals surface area contributed by atoms with E-state index >= 15 is 0 Å². The predicted octanol–water partition coefficient (Wildman–Crippen LogP) is 2.54. The average molecular weight is 300 g/mol. The van der Waals surface area contributed by atoms with E-state index in [-0.39, 0.29) is 5.91 Å². The number of nitrogens with one attached hydrogen (secondary N) is 2. The second kappa shape index (κ2) is 6.70. The van der Waals surface area contributed by atoms with E-state index in [0.717, 1.165) is 36.5 Å². The van der Waals surface area contributed by atoms with E-state index in [1.54, 1.807) is 0 Å². The summed E-state index contributed by atoms with van der Waals surface area (Å²) >= 11 is 0. The molecule has 0 radical (unpaired) electrons. The van der Waals surface area contributed by atoms with Gasteiger partial charge in [-0.3, -0.25) is 9.89 Å². The zero-order chi connectivity index (χ0) is 15.4. The second-order valence-corrected chi connectivity index (χ2v) is 5.66. The first-order valence-corrected chi connectivity index (χ1v) is 7.58. The van der Waals surface area contributed by atoms with Crippen LogP contribution in [0.4, 0.5) is 5.69 Å². The molecule has 1 unspecified atom stereocenters. The van der Waals surface area contributed by atoms with E-state index in [9.17, 15) is 4.79 Å². The number of aryl methyl sites for hydroxylation is 1. The van der Waals surface area contributed by atoms with Crippen LogP contribution < -0.4 is 5.32 Å². The molecule has 1 saturated heterocycles. The number of ether oxygens (including phenoxy) is 1. The van der Waals surface area contributed by atoms with Gasteiger partial charge in [0.05, 0.1) is 0 Å². The van der Waals surface area contributed by atoms with Crippen molar-refractivity contribution in [1.82, 2.24) is 15.2 Å². The molecule has 22 heavy (non-hydrogen) atoms. The van der Waals surface area contributed by atoms with Gasteiger partial charge in [0.25, 0.3) is 0 Å². The number of anilines is 1. The molecule has 1 fully saturated rings. The summed E-state index contributed by atoms with van der Waals surface area (Å²) in [5.74, 6) is 1.75. The summed E-state index contributed by atoms with van der Waals surface area (Å²) in [6.45, 7) is 3.36. The van der Waals surface area contributed by atoms with Gasteiger partial charge in [0.1, 0.15) is 5.82 Å². The Hall–Kier alpha value is -2.21. The maximum absolute atomic E-state index is 12.1. The second-order valence-electron chi connectivity index (χ2n) is 5.66. The van der Waals surface area contributed by atoms with Crippen molar-refractivity contribution in [3.05, 3.63) is 30.1 Å². The minimum Gasteiger partial charge on any atom is -0.381 e. The summed E-state index contributed by atoms with van der Waals surface area (Å²) in [6.07, 6.45) is 2.60. The van der Waals surface area contributed by atoms with Crippen molar-refractivity contribution in [2.45, 2.75) is 26.2 Å². The normalized spacial score (nSPS) is 18.1. The lowest BCUT2D eigenvalue weighted by Crippen LogP contribution is -2.23. The Morgan fingerprint density at radius 3 is 3.14 bits per heavy atom. The van der Waals surface area contributed by atoms with Crippen molar-refractivity contribution in [1.29, 1.82) is 0 Å². The maximum Gasteiger partial charge on any atom is 0.224 e. The van der Waals surface area contributed by atoms with Crippen LogP contribution in [0.1, 0.15) is 25.1 Å². The number of hydrogen-bond acceptors (Lipinski definition) is 4. The molecule has 1 aliphatic rings. The van der Waals surface area contributed by atoms with Crippen LogP contribution >= 0.6 is 0 Å². The molecule has 0 spiro atoms. The predicted molar refractivity (Wildman–Crippen MR) is 83.3 cm³/mol. The number of carbonyl (C=O) groups is 1. The third-order valence-corrected chi connectivity index (χ3v) is 3.73. The molecule has 116 valence electrons. The van der Waals surface area contributed by atoms with Crippen LogP contribution in [0, 0.1) is 12.8 Å². The summed E-state index contributed by atoms with van der Waals surface area (Å²) in [5.41, 5.74) is 1.64. The number of hydrogen-bond donors (Lipinski definition) is 2. The quantitative estimate of drug-likeness (QED) is 0.909. The Labute approximate surface area is 129 Å². The SMILES string of the molecule is Cc1nc(-c2cccc(NC(=O)CC3CCCOC3)c2)n[nH]1. The van der Waals surface area contributed by atoms with Gasteiger partial charge in [-0.25, -0.2) is 4.98 Å².